The summed E-state index contributed by atoms with van der Waals surface area (Å²) in [5.74, 6) is 0.977. The van der Waals surface area contributed by atoms with Gasteiger partial charge in [0.2, 0.25) is 0 Å². The Labute approximate surface area is 160 Å². The van der Waals surface area contributed by atoms with Crippen molar-refractivity contribution in [2.45, 2.75) is 39.5 Å². The summed E-state index contributed by atoms with van der Waals surface area (Å²) in [6.45, 7) is 6.81. The predicted octanol–water partition coefficient (Wildman–Crippen LogP) is 2.46. The summed E-state index contributed by atoms with van der Waals surface area (Å²) in [6, 6.07) is 10.2. The molecule has 0 atom stereocenters. The van der Waals surface area contributed by atoms with Crippen LogP contribution in [0, 0.1) is 0 Å². The fourth-order valence-corrected chi connectivity index (χ4v) is 3.15. The highest BCUT2D eigenvalue weighted by Gasteiger charge is 2.20. The number of hydrogen-bond acceptors (Lipinski definition) is 4. The lowest BCUT2D eigenvalue weighted by Crippen LogP contribution is -2.34. The Morgan fingerprint density at radius 3 is 2.89 bits per heavy atom. The van der Waals surface area contributed by atoms with Crippen molar-refractivity contribution in [3.63, 3.8) is 0 Å². The normalized spacial score (nSPS) is 13.9. The minimum atomic E-state index is -0.105. The van der Waals surface area contributed by atoms with Crippen LogP contribution in [0.2, 0.25) is 0 Å². The highest BCUT2D eigenvalue weighted by Crippen LogP contribution is 2.23. The lowest BCUT2D eigenvalue weighted by atomic mass is 10.1. The topological polar surface area (TPSA) is 62.6 Å². The number of urea groups is 1. The molecule has 0 radical (unpaired) electrons. The second-order valence-electron chi connectivity index (χ2n) is 7.07. The summed E-state index contributed by atoms with van der Waals surface area (Å²) in [5, 5.41) is 7.48. The number of nitrogens with one attached hydrogen (secondary N) is 1. The number of carbonyl (C=O) groups is 1. The Balaban J connectivity index is 1.61. The van der Waals surface area contributed by atoms with E-state index >= 15 is 0 Å². The van der Waals surface area contributed by atoms with Gasteiger partial charge in [-0.25, -0.2) is 4.79 Å². The van der Waals surface area contributed by atoms with Crippen molar-refractivity contribution in [2.75, 3.05) is 27.2 Å². The fourth-order valence-electron chi connectivity index (χ4n) is 3.15. The number of benzene rings is 1. The molecule has 7 heteroatoms. The highest BCUT2D eigenvalue weighted by atomic mass is 16.5. The summed E-state index contributed by atoms with van der Waals surface area (Å²) in [6.07, 6.45) is 1.00. The summed E-state index contributed by atoms with van der Waals surface area (Å²) in [4.78, 5) is 15.6. The molecule has 2 aromatic rings. The largest absolute Gasteiger partial charge is 0.493 e. The fraction of sp³-hybridized carbons (Fsp3) is 0.500. The molecule has 146 valence electrons. The smallest absolute Gasteiger partial charge is 0.317 e. The van der Waals surface area contributed by atoms with Crippen molar-refractivity contribution in [2.24, 2.45) is 0 Å². The van der Waals surface area contributed by atoms with Crippen molar-refractivity contribution in [3.8, 4) is 5.75 Å². The van der Waals surface area contributed by atoms with E-state index < -0.39 is 0 Å². The molecule has 0 aliphatic carbocycles. The quantitative estimate of drug-likeness (QED) is 0.812. The maximum absolute atomic E-state index is 11.7. The van der Waals surface area contributed by atoms with Crippen LogP contribution in [0.25, 0.3) is 0 Å². The minimum Gasteiger partial charge on any atom is -0.493 e. The molecule has 1 aromatic carbocycles. The molecule has 1 aliphatic heterocycles. The number of ether oxygens (including phenoxy) is 1. The molecule has 7 nitrogen and oxygen atoms in total. The second-order valence-corrected chi connectivity index (χ2v) is 7.07. The molecule has 0 fully saturated rings. The van der Waals surface area contributed by atoms with Gasteiger partial charge in [-0.05, 0) is 18.6 Å². The molecule has 27 heavy (non-hydrogen) atoms. The van der Waals surface area contributed by atoms with Gasteiger partial charge >= 0.3 is 6.03 Å². The van der Waals surface area contributed by atoms with Gasteiger partial charge in [0.25, 0.3) is 0 Å². The number of aromatic nitrogens is 2. The van der Waals surface area contributed by atoms with Gasteiger partial charge in [0.15, 0.2) is 0 Å². The number of nitrogens with zero attached hydrogens (tertiary/aromatic N) is 4. The van der Waals surface area contributed by atoms with Gasteiger partial charge < -0.3 is 15.0 Å². The van der Waals surface area contributed by atoms with Gasteiger partial charge in [0, 0.05) is 39.3 Å². The summed E-state index contributed by atoms with van der Waals surface area (Å²) in [5.41, 5.74) is 3.30. The maximum atomic E-state index is 11.7. The summed E-state index contributed by atoms with van der Waals surface area (Å²) >= 11 is 0. The van der Waals surface area contributed by atoms with Crippen molar-refractivity contribution < 1.29 is 9.53 Å². The van der Waals surface area contributed by atoms with E-state index in [-0.39, 0.29) is 6.03 Å². The Kier molecular flexibility index (Phi) is 6.34. The van der Waals surface area contributed by atoms with Gasteiger partial charge in [0.05, 0.1) is 31.1 Å². The monoisotopic (exact) mass is 371 g/mol. The molecule has 0 spiro atoms. The Morgan fingerprint density at radius 2 is 2.11 bits per heavy atom. The van der Waals surface area contributed by atoms with Crippen LogP contribution in [0.1, 0.15) is 30.3 Å². The van der Waals surface area contributed by atoms with Gasteiger partial charge in [-0.1, -0.05) is 25.1 Å². The molecule has 1 aliphatic rings. The number of carbonyl (C=O) groups excluding carboxylic acids is 1. The van der Waals surface area contributed by atoms with Crippen LogP contribution in [-0.2, 0) is 26.2 Å². The van der Waals surface area contributed by atoms with Crippen LogP contribution < -0.4 is 10.1 Å². The molecule has 1 N–H and O–H groups in total. The van der Waals surface area contributed by atoms with Crippen LogP contribution in [0.4, 0.5) is 4.79 Å². The number of amides is 2. The number of rotatable bonds is 7. The lowest BCUT2D eigenvalue weighted by molar-refractivity contribution is 0.201. The first-order valence-corrected chi connectivity index (χ1v) is 9.50. The molecule has 0 bridgehead atoms. The second kappa shape index (κ2) is 8.90. The first-order chi connectivity index (χ1) is 13.1. The molecule has 0 unspecified atom stereocenters. The lowest BCUT2D eigenvalue weighted by Gasteiger charge is -2.28. The van der Waals surface area contributed by atoms with E-state index in [0.717, 1.165) is 50.7 Å². The van der Waals surface area contributed by atoms with Gasteiger partial charge in [-0.3, -0.25) is 9.58 Å². The van der Waals surface area contributed by atoms with Crippen LogP contribution in [0.5, 0.6) is 5.75 Å². The average molecular weight is 371 g/mol. The predicted molar refractivity (Wildman–Crippen MR) is 104 cm³/mol. The SMILES string of the molecule is CCCOc1ccccc1CN1CCn2nc(CNC(=O)N(C)C)cc2C1. The van der Waals surface area contributed by atoms with E-state index in [4.69, 9.17) is 4.74 Å². The zero-order valence-electron chi connectivity index (χ0n) is 16.4. The van der Waals surface area contributed by atoms with Gasteiger partial charge in [-0.15, -0.1) is 0 Å². The van der Waals surface area contributed by atoms with Crippen LogP contribution >= 0.6 is 0 Å². The highest BCUT2D eigenvalue weighted by molar-refractivity contribution is 5.73. The molecule has 0 saturated carbocycles. The summed E-state index contributed by atoms with van der Waals surface area (Å²) < 4.78 is 7.94. The van der Waals surface area contributed by atoms with E-state index in [2.05, 4.69) is 40.4 Å². The Morgan fingerprint density at radius 1 is 1.30 bits per heavy atom. The van der Waals surface area contributed by atoms with Crippen LogP contribution in [-0.4, -0.2) is 52.9 Å². The van der Waals surface area contributed by atoms with Crippen molar-refractivity contribution in [1.29, 1.82) is 0 Å². The first-order valence-electron chi connectivity index (χ1n) is 9.50. The van der Waals surface area contributed by atoms with E-state index in [0.29, 0.717) is 6.54 Å². The van der Waals surface area contributed by atoms with E-state index in [1.807, 2.05) is 16.8 Å². The first kappa shape index (κ1) is 19.2. The maximum Gasteiger partial charge on any atom is 0.317 e. The molecule has 1 aromatic heterocycles. The number of hydrogen-bond donors (Lipinski definition) is 1. The van der Waals surface area contributed by atoms with E-state index in [1.54, 1.807) is 14.1 Å². The van der Waals surface area contributed by atoms with E-state index in [9.17, 15) is 4.79 Å². The zero-order chi connectivity index (χ0) is 19.2. The third-order valence-electron chi connectivity index (χ3n) is 4.58. The molecule has 0 saturated heterocycles. The molecular formula is C20H29N5O2. The molecule has 2 amide bonds. The standard InChI is InChI=1S/C20H29N5O2/c1-4-11-27-19-8-6-5-7-16(19)14-24-9-10-25-18(15-24)12-17(22-25)13-21-20(26)23(2)3/h5-8,12H,4,9-11,13-15H2,1-3H3,(H,21,26). The molecular weight excluding hydrogens is 342 g/mol. The third kappa shape index (κ3) is 5.01. The van der Waals surface area contributed by atoms with Crippen molar-refractivity contribution >= 4 is 6.03 Å². The summed E-state index contributed by atoms with van der Waals surface area (Å²) in [7, 11) is 3.46. The third-order valence-corrected chi connectivity index (χ3v) is 4.58. The Bertz CT molecular complexity index is 771. The van der Waals surface area contributed by atoms with Gasteiger partial charge in [-0.2, -0.15) is 5.10 Å². The number of fused-ring (bicyclic) bond motifs is 1. The Hall–Kier alpha value is -2.54. The zero-order valence-corrected chi connectivity index (χ0v) is 16.4. The van der Waals surface area contributed by atoms with Gasteiger partial charge in [0.1, 0.15) is 5.75 Å². The van der Waals surface area contributed by atoms with Crippen molar-refractivity contribution in [3.05, 3.63) is 47.3 Å². The minimum absolute atomic E-state index is 0.105. The average Bonchev–Trinajstić information content (AvgIpc) is 3.07. The van der Waals surface area contributed by atoms with E-state index in [1.165, 1.54) is 16.2 Å². The van der Waals surface area contributed by atoms with Crippen LogP contribution in [0.15, 0.2) is 30.3 Å². The number of para-hydroxylation sites is 1. The molecule has 3 rings (SSSR count). The van der Waals surface area contributed by atoms with Crippen molar-refractivity contribution in [1.82, 2.24) is 24.9 Å². The van der Waals surface area contributed by atoms with Crippen LogP contribution in [0.3, 0.4) is 0 Å². The molecule has 2 heterocycles.